The molecule has 1 heterocycles. The Bertz CT molecular complexity index is 1340. The maximum atomic E-state index is 6.15. The molecule has 0 N–H and O–H groups in total. The van der Waals surface area contributed by atoms with Gasteiger partial charge in [0.05, 0.1) is 0 Å². The van der Waals surface area contributed by atoms with Gasteiger partial charge in [-0.25, -0.2) is 0 Å². The highest BCUT2D eigenvalue weighted by Crippen LogP contribution is 2.62. The summed E-state index contributed by atoms with van der Waals surface area (Å²) in [6.07, 6.45) is 1.00. The molecule has 0 bridgehead atoms. The lowest BCUT2D eigenvalue weighted by atomic mass is 9.59. The molecular formula is C28H28O. The maximum absolute atomic E-state index is 6.15. The van der Waals surface area contributed by atoms with Gasteiger partial charge < -0.3 is 4.42 Å². The van der Waals surface area contributed by atoms with E-state index >= 15 is 0 Å². The molecule has 0 spiro atoms. The molecule has 0 saturated heterocycles. The van der Waals surface area contributed by atoms with Crippen LogP contribution in [-0.4, -0.2) is 0 Å². The van der Waals surface area contributed by atoms with E-state index in [4.69, 9.17) is 4.42 Å². The summed E-state index contributed by atoms with van der Waals surface area (Å²) in [6, 6.07) is 18.0. The van der Waals surface area contributed by atoms with Gasteiger partial charge in [0.25, 0.3) is 0 Å². The quantitative estimate of drug-likeness (QED) is 0.268. The number of rotatable bonds is 0. The van der Waals surface area contributed by atoms with Crippen LogP contribution in [0.15, 0.2) is 52.9 Å². The zero-order chi connectivity index (χ0) is 20.3. The van der Waals surface area contributed by atoms with Gasteiger partial charge in [-0.3, -0.25) is 0 Å². The zero-order valence-electron chi connectivity index (χ0n) is 18.2. The van der Waals surface area contributed by atoms with Crippen LogP contribution in [0, 0.1) is 5.41 Å². The van der Waals surface area contributed by atoms with Crippen molar-refractivity contribution < 1.29 is 4.42 Å². The van der Waals surface area contributed by atoms with Gasteiger partial charge in [-0.1, -0.05) is 65.8 Å². The van der Waals surface area contributed by atoms with E-state index in [1.807, 2.05) is 6.07 Å². The second-order valence-corrected chi connectivity index (χ2v) is 10.7. The van der Waals surface area contributed by atoms with Crippen LogP contribution in [0.25, 0.3) is 33.1 Å². The maximum Gasteiger partial charge on any atom is 0.135 e. The topological polar surface area (TPSA) is 13.1 Å². The molecule has 0 unspecified atom stereocenters. The number of hydrogen-bond acceptors (Lipinski definition) is 1. The van der Waals surface area contributed by atoms with Gasteiger partial charge in [-0.15, -0.1) is 0 Å². The molecular weight excluding hydrogens is 352 g/mol. The van der Waals surface area contributed by atoms with Crippen LogP contribution in [0.1, 0.15) is 63.8 Å². The van der Waals surface area contributed by atoms with E-state index in [9.17, 15) is 0 Å². The Morgan fingerprint density at radius 2 is 1.28 bits per heavy atom. The molecule has 0 aliphatic heterocycles. The van der Waals surface area contributed by atoms with E-state index in [1.54, 1.807) is 0 Å². The standard InChI is InChI=1S/C28H28O/c1-26(2)22-12-16-11-17-13-25-21(18-9-7-8-10-24(18)29-25)14-19(17)20(16)15-23(22)27(3,4)28(26,5)6/h7-10,12-15H,11H2,1-6H3. The summed E-state index contributed by atoms with van der Waals surface area (Å²) in [6.45, 7) is 14.6. The average Bonchev–Trinajstić information content (AvgIpc) is 3.23. The first-order valence-corrected chi connectivity index (χ1v) is 10.8. The third kappa shape index (κ3) is 1.87. The van der Waals surface area contributed by atoms with Crippen molar-refractivity contribution in [1.29, 1.82) is 0 Å². The molecule has 3 aromatic carbocycles. The monoisotopic (exact) mass is 380 g/mol. The normalized spacial score (nSPS) is 20.1. The second-order valence-electron chi connectivity index (χ2n) is 10.7. The Labute approximate surface area is 172 Å². The Morgan fingerprint density at radius 1 is 0.655 bits per heavy atom. The molecule has 0 saturated carbocycles. The number of furan rings is 1. The number of para-hydroxylation sites is 1. The smallest absolute Gasteiger partial charge is 0.135 e. The average molecular weight is 381 g/mol. The van der Waals surface area contributed by atoms with Crippen LogP contribution in [0.2, 0.25) is 0 Å². The van der Waals surface area contributed by atoms with E-state index in [0.717, 1.165) is 17.6 Å². The van der Waals surface area contributed by atoms with Gasteiger partial charge in [0.15, 0.2) is 0 Å². The lowest BCUT2D eigenvalue weighted by molar-refractivity contribution is 0.125. The molecule has 2 aliphatic carbocycles. The molecule has 1 nitrogen and oxygen atoms in total. The van der Waals surface area contributed by atoms with Crippen LogP contribution < -0.4 is 0 Å². The highest BCUT2D eigenvalue weighted by Gasteiger charge is 2.57. The second kappa shape index (κ2) is 4.95. The fourth-order valence-electron chi connectivity index (χ4n) is 5.95. The summed E-state index contributed by atoms with van der Waals surface area (Å²) < 4.78 is 6.15. The molecule has 0 atom stereocenters. The Balaban J connectivity index is 1.63. The molecule has 146 valence electrons. The summed E-state index contributed by atoms with van der Waals surface area (Å²) in [7, 11) is 0. The van der Waals surface area contributed by atoms with Crippen molar-refractivity contribution in [2.45, 2.75) is 58.8 Å². The van der Waals surface area contributed by atoms with Gasteiger partial charge in [0.1, 0.15) is 11.2 Å². The molecule has 0 radical (unpaired) electrons. The third-order valence-electron chi connectivity index (χ3n) is 8.99. The molecule has 0 fully saturated rings. The van der Waals surface area contributed by atoms with Crippen LogP contribution in [0.5, 0.6) is 0 Å². The number of benzene rings is 3. The summed E-state index contributed by atoms with van der Waals surface area (Å²) in [4.78, 5) is 0. The predicted octanol–water partition coefficient (Wildman–Crippen LogP) is 7.75. The van der Waals surface area contributed by atoms with Crippen molar-refractivity contribution in [1.82, 2.24) is 0 Å². The summed E-state index contributed by atoms with van der Waals surface area (Å²) in [5.74, 6) is 0. The lowest BCUT2D eigenvalue weighted by Gasteiger charge is -2.44. The van der Waals surface area contributed by atoms with Crippen LogP contribution in [-0.2, 0) is 17.3 Å². The highest BCUT2D eigenvalue weighted by atomic mass is 16.3. The lowest BCUT2D eigenvalue weighted by Crippen LogP contribution is -2.42. The van der Waals surface area contributed by atoms with E-state index in [-0.39, 0.29) is 16.2 Å². The zero-order valence-corrected chi connectivity index (χ0v) is 18.2. The molecule has 1 heteroatoms. The first kappa shape index (κ1) is 17.3. The molecule has 29 heavy (non-hydrogen) atoms. The minimum Gasteiger partial charge on any atom is -0.456 e. The number of fused-ring (bicyclic) bond motifs is 7. The van der Waals surface area contributed by atoms with Crippen LogP contribution in [0.4, 0.5) is 0 Å². The number of hydrogen-bond donors (Lipinski definition) is 0. The van der Waals surface area contributed by atoms with E-state index in [2.05, 4.69) is 84.0 Å². The fraction of sp³-hybridized carbons (Fsp3) is 0.357. The Morgan fingerprint density at radius 3 is 2.03 bits per heavy atom. The summed E-state index contributed by atoms with van der Waals surface area (Å²) >= 11 is 0. The Kier molecular flexibility index (Phi) is 2.96. The van der Waals surface area contributed by atoms with E-state index in [0.29, 0.717) is 0 Å². The molecule has 0 amide bonds. The molecule has 2 aliphatic rings. The molecule has 1 aromatic heterocycles. The largest absolute Gasteiger partial charge is 0.456 e. The highest BCUT2D eigenvalue weighted by molar-refractivity contribution is 6.07. The van der Waals surface area contributed by atoms with Crippen molar-refractivity contribution in [2.24, 2.45) is 5.41 Å². The SMILES string of the molecule is CC1(C)c2cc3c(cc2C(C)(C)C1(C)C)-c1cc2c(cc1C3)oc1ccccc12. The molecule has 6 rings (SSSR count). The van der Waals surface area contributed by atoms with E-state index in [1.165, 1.54) is 44.2 Å². The van der Waals surface area contributed by atoms with Crippen molar-refractivity contribution in [2.75, 3.05) is 0 Å². The predicted molar refractivity (Wildman–Crippen MR) is 122 cm³/mol. The first-order chi connectivity index (χ1) is 13.6. The van der Waals surface area contributed by atoms with Crippen LogP contribution >= 0.6 is 0 Å². The minimum atomic E-state index is 0.135. The van der Waals surface area contributed by atoms with Gasteiger partial charge in [0, 0.05) is 10.8 Å². The Hall–Kier alpha value is -2.54. The summed E-state index contributed by atoms with van der Waals surface area (Å²) in [5.41, 5.74) is 11.2. The fourth-order valence-corrected chi connectivity index (χ4v) is 5.95. The van der Waals surface area contributed by atoms with Gasteiger partial charge in [0.2, 0.25) is 0 Å². The van der Waals surface area contributed by atoms with Crippen molar-refractivity contribution >= 4 is 21.9 Å². The third-order valence-corrected chi connectivity index (χ3v) is 8.99. The van der Waals surface area contributed by atoms with Gasteiger partial charge in [-0.2, -0.15) is 0 Å². The van der Waals surface area contributed by atoms with E-state index < -0.39 is 0 Å². The van der Waals surface area contributed by atoms with Gasteiger partial charge >= 0.3 is 0 Å². The van der Waals surface area contributed by atoms with Crippen molar-refractivity contribution in [3.05, 3.63) is 70.8 Å². The van der Waals surface area contributed by atoms with Gasteiger partial charge in [-0.05, 0) is 80.3 Å². The van der Waals surface area contributed by atoms with Crippen molar-refractivity contribution in [3.63, 3.8) is 0 Å². The first-order valence-electron chi connectivity index (χ1n) is 10.8. The minimum absolute atomic E-state index is 0.135. The molecule has 4 aromatic rings. The van der Waals surface area contributed by atoms with Crippen LogP contribution in [0.3, 0.4) is 0 Å². The van der Waals surface area contributed by atoms with Crippen molar-refractivity contribution in [3.8, 4) is 11.1 Å². The summed E-state index contributed by atoms with van der Waals surface area (Å²) in [5, 5.41) is 2.44.